The molecule has 0 saturated carbocycles. The van der Waals surface area contributed by atoms with Crippen molar-refractivity contribution in [3.63, 3.8) is 0 Å². The van der Waals surface area contributed by atoms with Crippen LogP contribution in [0.25, 0.3) is 11.3 Å². The van der Waals surface area contributed by atoms with Gasteiger partial charge < -0.3 is 30.6 Å². The molecule has 1 aliphatic rings. The predicted molar refractivity (Wildman–Crippen MR) is 90.9 cm³/mol. The number of nitrogens with zero attached hydrogens (tertiary/aromatic N) is 2. The van der Waals surface area contributed by atoms with E-state index in [-0.39, 0.29) is 40.4 Å². The van der Waals surface area contributed by atoms with Gasteiger partial charge in [0.05, 0.1) is 10.8 Å². The summed E-state index contributed by atoms with van der Waals surface area (Å²) < 4.78 is 5.20. The summed E-state index contributed by atoms with van der Waals surface area (Å²) in [6.45, 7) is 0. The molecule has 0 amide bonds. The fourth-order valence-electron chi connectivity index (χ4n) is 2.47. The molecule has 0 radical (unpaired) electrons. The Bertz CT molecular complexity index is 916. The molecule has 0 spiro atoms. The lowest BCUT2D eigenvalue weighted by Crippen LogP contribution is -2.07. The average molecular weight is 364 g/mol. The third-order valence-corrected chi connectivity index (χ3v) is 3.98. The number of aromatic hydroxyl groups is 2. The van der Waals surface area contributed by atoms with Crippen molar-refractivity contribution in [2.75, 3.05) is 5.73 Å². The Morgan fingerprint density at radius 2 is 1.92 bits per heavy atom. The molecule has 1 aromatic heterocycles. The number of aromatic nitrogens is 2. The van der Waals surface area contributed by atoms with Gasteiger partial charge >= 0.3 is 6.01 Å². The van der Waals surface area contributed by atoms with E-state index in [0.29, 0.717) is 5.57 Å². The summed E-state index contributed by atoms with van der Waals surface area (Å²) in [6, 6.07) is 2.15. The Morgan fingerprint density at radius 3 is 2.60 bits per heavy atom. The van der Waals surface area contributed by atoms with Crippen LogP contribution in [0.4, 0.5) is 6.01 Å². The van der Waals surface area contributed by atoms with Crippen LogP contribution in [0.15, 0.2) is 40.5 Å². The lowest BCUT2D eigenvalue weighted by atomic mass is 9.89. The highest BCUT2D eigenvalue weighted by molar-refractivity contribution is 6.32. The van der Waals surface area contributed by atoms with Gasteiger partial charge in [-0.3, -0.25) is 0 Å². The number of phenolic OH excluding ortho intramolecular Hbond substituents is 2. The first kappa shape index (κ1) is 16.7. The van der Waals surface area contributed by atoms with Gasteiger partial charge in [0.15, 0.2) is 11.5 Å². The van der Waals surface area contributed by atoms with E-state index < -0.39 is 17.4 Å². The van der Waals surface area contributed by atoms with Gasteiger partial charge in [0, 0.05) is 29.5 Å². The highest BCUT2D eigenvalue weighted by Crippen LogP contribution is 2.37. The minimum Gasteiger partial charge on any atom is -0.512 e. The molecule has 0 aliphatic heterocycles. The van der Waals surface area contributed by atoms with Crippen molar-refractivity contribution >= 4 is 28.9 Å². The standard InChI is InChI=1S/C16H14ClN3O5/c17-11-6-14(24)13(23)5-10(11)12(22)4-7-3-8(21)1-2-9(7)15-19-20-16(18)25-15/h1-2,4-7,21-24H,3H2,(H2,18,20)/b12-4-. The Labute approximate surface area is 146 Å². The molecule has 1 aromatic carbocycles. The summed E-state index contributed by atoms with van der Waals surface area (Å²) >= 11 is 5.99. The number of anilines is 1. The fourth-order valence-corrected chi connectivity index (χ4v) is 2.73. The minimum absolute atomic E-state index is 0.0483. The number of nitrogens with two attached hydrogens (primary N) is 1. The van der Waals surface area contributed by atoms with Crippen LogP contribution in [0.2, 0.25) is 5.02 Å². The van der Waals surface area contributed by atoms with Crippen LogP contribution < -0.4 is 5.73 Å². The van der Waals surface area contributed by atoms with E-state index >= 15 is 0 Å². The summed E-state index contributed by atoms with van der Waals surface area (Å²) in [5.41, 5.74) is 6.10. The Hall–Kier alpha value is -3.13. The number of rotatable bonds is 3. The second-order valence-corrected chi connectivity index (χ2v) is 5.82. The predicted octanol–water partition coefficient (Wildman–Crippen LogP) is 3.16. The molecule has 130 valence electrons. The third kappa shape index (κ3) is 3.38. The molecule has 1 unspecified atom stereocenters. The van der Waals surface area contributed by atoms with Gasteiger partial charge in [0.2, 0.25) is 5.89 Å². The third-order valence-electron chi connectivity index (χ3n) is 3.67. The van der Waals surface area contributed by atoms with Gasteiger partial charge in [0.1, 0.15) is 5.76 Å². The van der Waals surface area contributed by atoms with Gasteiger partial charge in [-0.15, -0.1) is 5.10 Å². The second kappa shape index (κ2) is 6.40. The Balaban J connectivity index is 1.99. The van der Waals surface area contributed by atoms with Crippen molar-refractivity contribution in [3.05, 3.63) is 52.6 Å². The van der Waals surface area contributed by atoms with Crippen molar-refractivity contribution in [3.8, 4) is 11.5 Å². The maximum absolute atomic E-state index is 10.4. The van der Waals surface area contributed by atoms with Crippen molar-refractivity contribution in [2.45, 2.75) is 6.42 Å². The summed E-state index contributed by atoms with van der Waals surface area (Å²) in [5.74, 6) is -1.32. The van der Waals surface area contributed by atoms with E-state index in [1.54, 1.807) is 6.08 Å². The van der Waals surface area contributed by atoms with Gasteiger partial charge in [-0.25, -0.2) is 0 Å². The zero-order valence-electron chi connectivity index (χ0n) is 12.7. The minimum atomic E-state index is -0.503. The lowest BCUT2D eigenvalue weighted by molar-refractivity contribution is 0.375. The molecule has 0 saturated heterocycles. The Kier molecular flexibility index (Phi) is 4.28. The number of hydrogen-bond acceptors (Lipinski definition) is 8. The summed E-state index contributed by atoms with van der Waals surface area (Å²) in [5, 5.41) is 46.6. The fraction of sp³-hybridized carbons (Fsp3) is 0.125. The van der Waals surface area contributed by atoms with E-state index in [1.807, 2.05) is 0 Å². The highest BCUT2D eigenvalue weighted by atomic mass is 35.5. The summed E-state index contributed by atoms with van der Waals surface area (Å²) in [7, 11) is 0. The Morgan fingerprint density at radius 1 is 1.20 bits per heavy atom. The van der Waals surface area contributed by atoms with Crippen molar-refractivity contribution in [1.29, 1.82) is 0 Å². The molecule has 0 fully saturated rings. The van der Waals surface area contributed by atoms with Crippen molar-refractivity contribution in [1.82, 2.24) is 10.2 Å². The van der Waals surface area contributed by atoms with Crippen LogP contribution >= 0.6 is 11.6 Å². The molecular weight excluding hydrogens is 350 g/mol. The van der Waals surface area contributed by atoms with Gasteiger partial charge in [-0.1, -0.05) is 16.7 Å². The number of hydrogen-bond donors (Lipinski definition) is 5. The van der Waals surface area contributed by atoms with Crippen LogP contribution in [0.1, 0.15) is 17.9 Å². The van der Waals surface area contributed by atoms with Gasteiger partial charge in [0.25, 0.3) is 0 Å². The molecular formula is C16H14ClN3O5. The van der Waals surface area contributed by atoms with Crippen LogP contribution in [0, 0.1) is 5.92 Å². The molecule has 6 N–H and O–H groups in total. The number of halogens is 1. The largest absolute Gasteiger partial charge is 0.512 e. The average Bonchev–Trinajstić information content (AvgIpc) is 2.97. The second-order valence-electron chi connectivity index (χ2n) is 5.41. The monoisotopic (exact) mass is 363 g/mol. The number of benzene rings is 1. The number of nitrogen functional groups attached to an aromatic ring is 1. The van der Waals surface area contributed by atoms with E-state index in [9.17, 15) is 20.4 Å². The highest BCUT2D eigenvalue weighted by Gasteiger charge is 2.24. The van der Waals surface area contributed by atoms with Crippen molar-refractivity contribution < 1.29 is 24.8 Å². The first-order valence-corrected chi connectivity index (χ1v) is 7.54. The number of aliphatic hydroxyl groups excluding tert-OH is 2. The number of allylic oxidation sites excluding steroid dienone is 5. The van der Waals surface area contributed by atoms with Gasteiger partial charge in [-0.05, 0) is 24.3 Å². The zero-order chi connectivity index (χ0) is 18.1. The summed E-state index contributed by atoms with van der Waals surface area (Å²) in [6.07, 6.45) is 4.67. The molecule has 3 rings (SSSR count). The molecule has 9 heteroatoms. The lowest BCUT2D eigenvalue weighted by Gasteiger charge is -2.18. The SMILES string of the molecule is Nc1nnc(C2=CC=C(O)CC2/C=C(\O)c2cc(O)c(O)cc2Cl)o1. The number of aliphatic hydroxyl groups is 2. The van der Waals surface area contributed by atoms with E-state index in [2.05, 4.69) is 10.2 Å². The van der Waals surface area contributed by atoms with E-state index in [1.165, 1.54) is 12.2 Å². The first-order valence-electron chi connectivity index (χ1n) is 7.17. The smallest absolute Gasteiger partial charge is 0.313 e. The van der Waals surface area contributed by atoms with E-state index in [0.717, 1.165) is 12.1 Å². The molecule has 1 aliphatic carbocycles. The van der Waals surface area contributed by atoms with Crippen molar-refractivity contribution in [2.24, 2.45) is 5.92 Å². The first-order chi connectivity index (χ1) is 11.8. The zero-order valence-corrected chi connectivity index (χ0v) is 13.5. The molecule has 1 atom stereocenters. The molecule has 1 heterocycles. The molecule has 8 nitrogen and oxygen atoms in total. The summed E-state index contributed by atoms with van der Waals surface area (Å²) in [4.78, 5) is 0. The van der Waals surface area contributed by atoms with Crippen LogP contribution in [0.5, 0.6) is 11.5 Å². The molecule has 0 bridgehead atoms. The van der Waals surface area contributed by atoms with E-state index in [4.69, 9.17) is 21.8 Å². The maximum Gasteiger partial charge on any atom is 0.313 e. The number of phenols is 2. The molecule has 2 aromatic rings. The van der Waals surface area contributed by atoms with Crippen LogP contribution in [-0.2, 0) is 0 Å². The topological polar surface area (TPSA) is 146 Å². The maximum atomic E-state index is 10.4. The quantitative estimate of drug-likeness (QED) is 0.413. The van der Waals surface area contributed by atoms with Crippen LogP contribution in [-0.4, -0.2) is 30.6 Å². The molecule has 25 heavy (non-hydrogen) atoms. The normalized spacial score (nSPS) is 18.0. The van der Waals surface area contributed by atoms with Crippen LogP contribution in [0.3, 0.4) is 0 Å². The van der Waals surface area contributed by atoms with Gasteiger partial charge in [-0.2, -0.15) is 0 Å².